The second-order valence-electron chi connectivity index (χ2n) is 5.80. The summed E-state index contributed by atoms with van der Waals surface area (Å²) in [7, 11) is 0. The molecule has 0 aliphatic carbocycles. The highest BCUT2D eigenvalue weighted by Gasteiger charge is 2.05. The van der Waals surface area contributed by atoms with E-state index in [2.05, 4.69) is 17.4 Å². The Morgan fingerprint density at radius 3 is 2.61 bits per heavy atom. The van der Waals surface area contributed by atoms with Crippen LogP contribution in [0.3, 0.4) is 0 Å². The van der Waals surface area contributed by atoms with Gasteiger partial charge in [0.1, 0.15) is 5.75 Å². The maximum atomic E-state index is 11.8. The molecule has 5 nitrogen and oxygen atoms in total. The largest absolute Gasteiger partial charge is 0.493 e. The van der Waals surface area contributed by atoms with E-state index < -0.39 is 5.97 Å². The van der Waals surface area contributed by atoms with Gasteiger partial charge in [0.2, 0.25) is 0 Å². The number of rotatable bonds is 11. The Bertz CT molecular complexity index is 777. The highest BCUT2D eigenvalue weighted by Crippen LogP contribution is 2.19. The van der Waals surface area contributed by atoms with Gasteiger partial charge in [-0.05, 0) is 24.6 Å². The molecule has 2 rings (SSSR count). The number of para-hydroxylation sites is 1. The topological polar surface area (TPSA) is 64.6 Å². The molecule has 0 bridgehead atoms. The van der Waals surface area contributed by atoms with E-state index in [1.165, 1.54) is 11.6 Å². The van der Waals surface area contributed by atoms with Gasteiger partial charge in [0, 0.05) is 29.7 Å². The second kappa shape index (κ2) is 12.6. The van der Waals surface area contributed by atoms with Crippen LogP contribution in [0.5, 0.6) is 5.75 Å². The Labute approximate surface area is 170 Å². The fraction of sp³-hybridized carbons (Fsp3) is 0.273. The number of hydrogen-bond donors (Lipinski definition) is 1. The molecule has 1 N–H and O–H groups in total. The minimum absolute atomic E-state index is 0.292. The smallest absolute Gasteiger partial charge is 0.331 e. The molecule has 0 radical (unpaired) electrons. The van der Waals surface area contributed by atoms with E-state index in [-0.39, 0.29) is 12.5 Å². The van der Waals surface area contributed by atoms with E-state index >= 15 is 0 Å². The summed E-state index contributed by atoms with van der Waals surface area (Å²) in [6, 6.07) is 17.6. The Hall–Kier alpha value is -2.73. The molecule has 0 aliphatic heterocycles. The van der Waals surface area contributed by atoms with Crippen molar-refractivity contribution in [2.24, 2.45) is 0 Å². The lowest BCUT2D eigenvalue weighted by atomic mass is 10.2. The molecule has 0 aliphatic rings. The monoisotopic (exact) mass is 399 g/mol. The summed E-state index contributed by atoms with van der Waals surface area (Å²) in [5.74, 6) is 1.51. The second-order valence-corrected chi connectivity index (χ2v) is 6.91. The number of thioether (sulfide) groups is 1. The van der Waals surface area contributed by atoms with E-state index in [1.54, 1.807) is 17.8 Å². The van der Waals surface area contributed by atoms with Gasteiger partial charge in [-0.15, -0.1) is 0 Å². The predicted molar refractivity (Wildman–Crippen MR) is 113 cm³/mol. The van der Waals surface area contributed by atoms with Crippen LogP contribution in [0.1, 0.15) is 18.1 Å². The number of esters is 1. The zero-order valence-corrected chi connectivity index (χ0v) is 16.7. The molecule has 0 saturated heterocycles. The molecule has 0 saturated carbocycles. The van der Waals surface area contributed by atoms with E-state index in [4.69, 9.17) is 9.47 Å². The van der Waals surface area contributed by atoms with Crippen LogP contribution in [0.15, 0.2) is 60.7 Å². The van der Waals surface area contributed by atoms with Crippen molar-refractivity contribution >= 4 is 29.7 Å². The summed E-state index contributed by atoms with van der Waals surface area (Å²) in [6.45, 7) is 2.68. The van der Waals surface area contributed by atoms with Gasteiger partial charge >= 0.3 is 5.97 Å². The summed E-state index contributed by atoms with van der Waals surface area (Å²) in [4.78, 5) is 23.5. The first kappa shape index (κ1) is 21.6. The van der Waals surface area contributed by atoms with E-state index in [1.807, 2.05) is 49.4 Å². The van der Waals surface area contributed by atoms with Crippen molar-refractivity contribution in [3.8, 4) is 5.75 Å². The number of benzene rings is 2. The maximum absolute atomic E-state index is 11.8. The van der Waals surface area contributed by atoms with Crippen LogP contribution in [0.4, 0.5) is 0 Å². The van der Waals surface area contributed by atoms with E-state index in [0.29, 0.717) is 18.9 Å². The first-order chi connectivity index (χ1) is 13.7. The fourth-order valence-electron chi connectivity index (χ4n) is 2.33. The molecule has 2 aromatic carbocycles. The molecular formula is C22H25NO4S. The van der Waals surface area contributed by atoms with Crippen molar-refractivity contribution in [3.05, 3.63) is 71.8 Å². The summed E-state index contributed by atoms with van der Waals surface area (Å²) in [5, 5.41) is 2.74. The van der Waals surface area contributed by atoms with Gasteiger partial charge in [0.25, 0.3) is 5.91 Å². The molecule has 0 spiro atoms. The van der Waals surface area contributed by atoms with Gasteiger partial charge < -0.3 is 14.8 Å². The molecule has 0 fully saturated rings. The minimum atomic E-state index is -0.570. The standard InChI is InChI=1S/C22H25NO4S/c1-2-26-20-11-7-6-10-19(20)12-13-22(25)27-16-21(24)23-14-15-28-17-18-8-4-3-5-9-18/h3-13H,2,14-17H2,1H3,(H,23,24)/b13-12+. The number of nitrogens with one attached hydrogen (secondary N) is 1. The van der Waals surface area contributed by atoms with Crippen LogP contribution in [0, 0.1) is 0 Å². The Balaban J connectivity index is 1.62. The first-order valence-corrected chi connectivity index (χ1v) is 10.3. The van der Waals surface area contributed by atoms with Gasteiger partial charge in [-0.1, -0.05) is 48.5 Å². The van der Waals surface area contributed by atoms with Crippen LogP contribution in [0.2, 0.25) is 0 Å². The third-order valence-electron chi connectivity index (χ3n) is 3.64. The number of hydrogen-bond acceptors (Lipinski definition) is 5. The average Bonchev–Trinajstić information content (AvgIpc) is 2.72. The summed E-state index contributed by atoms with van der Waals surface area (Å²) < 4.78 is 10.5. The zero-order valence-electron chi connectivity index (χ0n) is 15.9. The maximum Gasteiger partial charge on any atom is 0.331 e. The lowest BCUT2D eigenvalue weighted by molar-refractivity contribution is -0.143. The normalized spacial score (nSPS) is 10.6. The highest BCUT2D eigenvalue weighted by atomic mass is 32.2. The van der Waals surface area contributed by atoms with Crippen molar-refractivity contribution < 1.29 is 19.1 Å². The Morgan fingerprint density at radius 1 is 1.07 bits per heavy atom. The molecule has 6 heteroatoms. The molecule has 2 aromatic rings. The van der Waals surface area contributed by atoms with Crippen molar-refractivity contribution in [2.45, 2.75) is 12.7 Å². The molecule has 0 unspecified atom stereocenters. The van der Waals surface area contributed by atoms with Crippen molar-refractivity contribution in [3.63, 3.8) is 0 Å². The third kappa shape index (κ3) is 8.31. The van der Waals surface area contributed by atoms with Crippen molar-refractivity contribution in [1.82, 2.24) is 5.32 Å². The molecule has 148 valence electrons. The van der Waals surface area contributed by atoms with E-state index in [0.717, 1.165) is 17.1 Å². The van der Waals surface area contributed by atoms with E-state index in [9.17, 15) is 9.59 Å². The number of carbonyl (C=O) groups excluding carboxylic acids is 2. The van der Waals surface area contributed by atoms with Crippen LogP contribution < -0.4 is 10.1 Å². The zero-order chi connectivity index (χ0) is 20.0. The average molecular weight is 400 g/mol. The molecule has 0 heterocycles. The van der Waals surface area contributed by atoms with Crippen molar-refractivity contribution in [2.75, 3.05) is 25.5 Å². The van der Waals surface area contributed by atoms with Crippen LogP contribution in [-0.4, -0.2) is 37.4 Å². The lowest BCUT2D eigenvalue weighted by Crippen LogP contribution is -2.30. The SMILES string of the molecule is CCOc1ccccc1/C=C/C(=O)OCC(=O)NCCSCc1ccccc1. The van der Waals surface area contributed by atoms with Crippen LogP contribution >= 0.6 is 11.8 Å². The number of amides is 1. The van der Waals surface area contributed by atoms with Gasteiger partial charge in [0.15, 0.2) is 6.61 Å². The van der Waals surface area contributed by atoms with Crippen molar-refractivity contribution in [1.29, 1.82) is 0 Å². The Morgan fingerprint density at radius 2 is 1.82 bits per heavy atom. The molecule has 28 heavy (non-hydrogen) atoms. The van der Waals surface area contributed by atoms with Gasteiger partial charge in [-0.25, -0.2) is 4.79 Å². The lowest BCUT2D eigenvalue weighted by Gasteiger charge is -2.07. The fourth-order valence-corrected chi connectivity index (χ4v) is 3.14. The molecule has 1 amide bonds. The van der Waals surface area contributed by atoms with Gasteiger partial charge in [-0.2, -0.15) is 11.8 Å². The third-order valence-corrected chi connectivity index (χ3v) is 4.67. The summed E-state index contributed by atoms with van der Waals surface area (Å²) >= 11 is 1.74. The Kier molecular flexibility index (Phi) is 9.72. The molecular weight excluding hydrogens is 374 g/mol. The predicted octanol–water partition coefficient (Wildman–Crippen LogP) is 3.69. The summed E-state index contributed by atoms with van der Waals surface area (Å²) in [5.41, 5.74) is 2.03. The molecule has 0 aromatic heterocycles. The van der Waals surface area contributed by atoms with Gasteiger partial charge in [0.05, 0.1) is 6.61 Å². The molecule has 0 atom stereocenters. The van der Waals surface area contributed by atoms with Gasteiger partial charge in [-0.3, -0.25) is 4.79 Å². The summed E-state index contributed by atoms with van der Waals surface area (Å²) in [6.07, 6.45) is 2.91. The van der Waals surface area contributed by atoms with Crippen LogP contribution in [-0.2, 0) is 20.1 Å². The number of carbonyl (C=O) groups is 2. The minimum Gasteiger partial charge on any atom is -0.493 e. The number of ether oxygens (including phenoxy) is 2. The highest BCUT2D eigenvalue weighted by molar-refractivity contribution is 7.98. The first-order valence-electron chi connectivity index (χ1n) is 9.14. The quantitative estimate of drug-likeness (QED) is 0.355. The van der Waals surface area contributed by atoms with Crippen LogP contribution in [0.25, 0.3) is 6.08 Å².